The van der Waals surface area contributed by atoms with E-state index in [0.717, 1.165) is 21.9 Å². The maximum atomic E-state index is 6.22. The number of hydrogen-bond donors (Lipinski definition) is 0. The van der Waals surface area contributed by atoms with Crippen LogP contribution in [0.2, 0.25) is 20.1 Å². The van der Waals surface area contributed by atoms with Gasteiger partial charge in [-0.15, -0.1) is 0 Å². The molecule has 0 aliphatic rings. The molecular weight excluding hydrogens is 647 g/mol. The quantitative estimate of drug-likeness (QED) is 0.0807. The average molecular weight is 699 g/mol. The van der Waals surface area contributed by atoms with Gasteiger partial charge in [-0.05, 0) is 74.2 Å². The van der Waals surface area contributed by atoms with E-state index in [1.54, 1.807) is 0 Å². The van der Waals surface area contributed by atoms with E-state index < -0.39 is 6.15 Å². The van der Waals surface area contributed by atoms with E-state index in [1.807, 2.05) is 48.5 Å². The smallest absolute Gasteiger partial charge is 0.108 e. The summed E-state index contributed by atoms with van der Waals surface area (Å²) in [6.07, 6.45) is 9.55. The van der Waals surface area contributed by atoms with Gasteiger partial charge in [0.25, 0.3) is 0 Å². The molecule has 0 aliphatic carbocycles. The van der Waals surface area contributed by atoms with Crippen LogP contribution in [0.15, 0.2) is 97.1 Å². The van der Waals surface area contributed by atoms with Gasteiger partial charge in [0.2, 0.25) is 0 Å². The van der Waals surface area contributed by atoms with Gasteiger partial charge in [-0.1, -0.05) is 148 Å². The van der Waals surface area contributed by atoms with E-state index in [1.165, 1.54) is 82.0 Å². The first kappa shape index (κ1) is 38.5. The molecule has 0 atom stereocenters. The minimum Gasteiger partial charge on any atom is -0.324 e. The Balaban J connectivity index is 0.000000292. The molecule has 0 saturated carbocycles. The fourth-order valence-corrected chi connectivity index (χ4v) is 7.31. The van der Waals surface area contributed by atoms with Crippen LogP contribution in [0, 0.1) is 0 Å². The van der Waals surface area contributed by atoms with E-state index in [9.17, 15) is 0 Å². The topological polar surface area (TPSA) is 0 Å². The van der Waals surface area contributed by atoms with Crippen molar-refractivity contribution in [1.29, 1.82) is 0 Å². The van der Waals surface area contributed by atoms with Crippen molar-refractivity contribution in [1.82, 2.24) is 0 Å². The van der Waals surface area contributed by atoms with E-state index in [-0.39, 0.29) is 0 Å². The van der Waals surface area contributed by atoms with Crippen molar-refractivity contribution in [2.75, 3.05) is 26.2 Å². The van der Waals surface area contributed by atoms with Crippen molar-refractivity contribution >= 4 is 74.4 Å². The van der Waals surface area contributed by atoms with Crippen molar-refractivity contribution in [2.45, 2.75) is 79.1 Å². The lowest BCUT2D eigenvalue weighted by atomic mass is 9.13. The lowest BCUT2D eigenvalue weighted by Crippen LogP contribution is -2.74. The molecule has 0 bridgehead atoms. The van der Waals surface area contributed by atoms with Crippen molar-refractivity contribution in [3.8, 4) is 0 Å². The third-order valence-electron chi connectivity index (χ3n) is 9.42. The Kier molecular flexibility index (Phi) is 16.6. The summed E-state index contributed by atoms with van der Waals surface area (Å²) in [5.41, 5.74) is 4.56. The second kappa shape index (κ2) is 19.8. The summed E-state index contributed by atoms with van der Waals surface area (Å²) in [7, 11) is 0. The Hall–Kier alpha value is -1.94. The number of benzene rings is 4. The lowest BCUT2D eigenvalue weighted by Gasteiger charge is -2.44. The fraction of sp³-hybridized carbons (Fsp3) is 0.400. The highest BCUT2D eigenvalue weighted by Crippen LogP contribution is 2.18. The molecule has 0 unspecified atom stereocenters. The van der Waals surface area contributed by atoms with Gasteiger partial charge >= 0.3 is 0 Å². The minimum absolute atomic E-state index is 0.696. The third kappa shape index (κ3) is 10.5. The number of quaternary nitrogens is 1. The molecule has 0 amide bonds. The van der Waals surface area contributed by atoms with Crippen LogP contribution in [0.1, 0.15) is 79.1 Å². The molecule has 0 heterocycles. The summed E-state index contributed by atoms with van der Waals surface area (Å²) < 4.78 is 1.42. The molecule has 0 spiro atoms. The summed E-state index contributed by atoms with van der Waals surface area (Å²) in [5.74, 6) is 0. The molecule has 0 saturated heterocycles. The van der Waals surface area contributed by atoms with Gasteiger partial charge in [0.15, 0.2) is 0 Å². The molecule has 4 aromatic carbocycles. The van der Waals surface area contributed by atoms with Gasteiger partial charge < -0.3 is 4.48 Å². The van der Waals surface area contributed by atoms with Crippen molar-refractivity contribution in [3.63, 3.8) is 0 Å². The number of nitrogens with zero attached hydrogens (tertiary/aromatic N) is 1. The van der Waals surface area contributed by atoms with Crippen LogP contribution < -0.4 is 21.9 Å². The van der Waals surface area contributed by atoms with Crippen LogP contribution in [-0.4, -0.2) is 36.8 Å². The summed E-state index contributed by atoms with van der Waals surface area (Å²) in [6, 6.07) is 32.1. The molecule has 4 aromatic rings. The van der Waals surface area contributed by atoms with Crippen LogP contribution in [0.5, 0.6) is 0 Å². The highest BCUT2D eigenvalue weighted by molar-refractivity contribution is 7.19. The molecule has 46 heavy (non-hydrogen) atoms. The molecule has 6 heteroatoms. The summed E-state index contributed by atoms with van der Waals surface area (Å²) in [5, 5.41) is 2.78. The SMILES string of the molecule is CCCC[N+](CCCC)(CCCC)CCCC.Clc1ccc([B-](c2ccc(Cl)cc2)(c2ccc(Cl)cc2)c2ccc(Cl)cc2)cc1. The molecule has 0 radical (unpaired) electrons. The van der Waals surface area contributed by atoms with Gasteiger partial charge in [0.05, 0.1) is 26.2 Å². The predicted octanol–water partition coefficient (Wildman–Crippen LogP) is 10.7. The third-order valence-corrected chi connectivity index (χ3v) is 10.4. The van der Waals surface area contributed by atoms with E-state index in [4.69, 9.17) is 46.4 Å². The molecule has 0 aromatic heterocycles. The molecule has 4 rings (SSSR count). The maximum absolute atomic E-state index is 6.22. The van der Waals surface area contributed by atoms with E-state index in [2.05, 4.69) is 76.2 Å². The first-order valence-electron chi connectivity index (χ1n) is 17.3. The highest BCUT2D eigenvalue weighted by atomic mass is 35.5. The van der Waals surface area contributed by atoms with Gasteiger partial charge in [-0.2, -0.15) is 21.9 Å². The zero-order valence-electron chi connectivity index (χ0n) is 28.3. The first-order valence-corrected chi connectivity index (χ1v) is 18.8. The lowest BCUT2D eigenvalue weighted by molar-refractivity contribution is -0.929. The minimum atomic E-state index is -1.51. The Bertz CT molecular complexity index is 1180. The zero-order valence-corrected chi connectivity index (χ0v) is 31.3. The average Bonchev–Trinajstić information content (AvgIpc) is 3.07. The Morgan fingerprint density at radius 1 is 0.370 bits per heavy atom. The van der Waals surface area contributed by atoms with Crippen LogP contribution in [0.25, 0.3) is 0 Å². The monoisotopic (exact) mass is 697 g/mol. The first-order chi connectivity index (χ1) is 22.2. The summed E-state index contributed by atoms with van der Waals surface area (Å²) in [4.78, 5) is 0. The molecule has 0 fully saturated rings. The maximum Gasteiger partial charge on any atom is 0.108 e. The zero-order chi connectivity index (χ0) is 33.4. The van der Waals surface area contributed by atoms with Gasteiger partial charge in [-0.3, -0.25) is 0 Å². The Morgan fingerprint density at radius 2 is 0.565 bits per heavy atom. The number of hydrogen-bond acceptors (Lipinski definition) is 0. The molecular formula is C40H52BCl4N. The Morgan fingerprint density at radius 3 is 0.739 bits per heavy atom. The number of rotatable bonds is 16. The van der Waals surface area contributed by atoms with Crippen LogP contribution in [0.3, 0.4) is 0 Å². The molecule has 0 N–H and O–H groups in total. The van der Waals surface area contributed by atoms with Crippen LogP contribution >= 0.6 is 46.4 Å². The number of halogens is 4. The summed E-state index contributed by atoms with van der Waals surface area (Å²) >= 11 is 24.9. The van der Waals surface area contributed by atoms with Gasteiger partial charge in [0, 0.05) is 20.1 Å². The van der Waals surface area contributed by atoms with Crippen LogP contribution in [0.4, 0.5) is 0 Å². The second-order valence-electron chi connectivity index (χ2n) is 12.7. The largest absolute Gasteiger partial charge is 0.324 e. The van der Waals surface area contributed by atoms with Gasteiger partial charge in [-0.25, -0.2) is 0 Å². The normalized spacial score (nSPS) is 11.7. The Labute approximate surface area is 299 Å². The second-order valence-corrected chi connectivity index (χ2v) is 14.5. The number of unbranched alkanes of at least 4 members (excludes halogenated alkanes) is 4. The standard InChI is InChI=1S/C24H16BCl4.C16H36N/c26-21-9-1-17(2-10-21)25(18-3-11-22(27)12-4-18,19-5-13-23(28)14-6-19)20-7-15-24(29)16-8-20;1-5-9-13-17(14-10-6-2,15-11-7-3)16-12-8-4/h1-16H;5-16H2,1-4H3/q-1;+1. The van der Waals surface area contributed by atoms with Crippen molar-refractivity contribution in [3.05, 3.63) is 117 Å². The molecule has 248 valence electrons. The summed E-state index contributed by atoms with van der Waals surface area (Å²) in [6.45, 7) is 15.0. The molecule has 1 nitrogen and oxygen atoms in total. The van der Waals surface area contributed by atoms with E-state index in [0.29, 0.717) is 20.1 Å². The van der Waals surface area contributed by atoms with Gasteiger partial charge in [0.1, 0.15) is 6.15 Å². The predicted molar refractivity (Wildman–Crippen MR) is 209 cm³/mol. The fourth-order valence-electron chi connectivity index (χ4n) is 6.81. The van der Waals surface area contributed by atoms with Crippen molar-refractivity contribution < 1.29 is 4.48 Å². The molecule has 0 aliphatic heterocycles. The highest BCUT2D eigenvalue weighted by Gasteiger charge is 2.32. The van der Waals surface area contributed by atoms with E-state index >= 15 is 0 Å². The van der Waals surface area contributed by atoms with Crippen molar-refractivity contribution in [2.24, 2.45) is 0 Å². The van der Waals surface area contributed by atoms with Crippen LogP contribution in [-0.2, 0) is 0 Å².